The van der Waals surface area contributed by atoms with Gasteiger partial charge in [0.25, 0.3) is 0 Å². The molecule has 0 saturated heterocycles. The molecule has 0 fully saturated rings. The van der Waals surface area contributed by atoms with Crippen molar-refractivity contribution in [3.05, 3.63) is 83.4 Å². The zero-order valence-corrected chi connectivity index (χ0v) is 11.9. The highest BCUT2D eigenvalue weighted by molar-refractivity contribution is 5.84. The van der Waals surface area contributed by atoms with Crippen molar-refractivity contribution in [3.63, 3.8) is 0 Å². The Kier molecular flexibility index (Phi) is 4.05. The van der Waals surface area contributed by atoms with E-state index in [1.54, 1.807) is 0 Å². The Morgan fingerprint density at radius 3 is 1.38 bits per heavy atom. The van der Waals surface area contributed by atoms with Crippen LogP contribution in [0.2, 0.25) is 0 Å². The van der Waals surface area contributed by atoms with Gasteiger partial charge in [0.15, 0.2) is 23.3 Å². The van der Waals surface area contributed by atoms with Gasteiger partial charge in [-0.25, -0.2) is 26.3 Å². The summed E-state index contributed by atoms with van der Waals surface area (Å²) in [4.78, 5) is 0. The van der Waals surface area contributed by atoms with Crippen molar-refractivity contribution in [2.45, 2.75) is 0 Å². The zero-order chi connectivity index (χ0) is 17.4. The monoisotopic (exact) mass is 338 g/mol. The maximum atomic E-state index is 14.1. The van der Waals surface area contributed by atoms with Crippen molar-refractivity contribution in [2.24, 2.45) is 0 Å². The van der Waals surface area contributed by atoms with Gasteiger partial charge in [-0.2, -0.15) is 0 Å². The second kappa shape index (κ2) is 6.03. The van der Waals surface area contributed by atoms with Crippen LogP contribution in [0.25, 0.3) is 22.3 Å². The maximum Gasteiger partial charge on any atom is 0.200 e. The fourth-order valence-electron chi connectivity index (χ4n) is 2.46. The van der Waals surface area contributed by atoms with E-state index in [1.807, 2.05) is 0 Å². The third kappa shape index (κ3) is 2.44. The van der Waals surface area contributed by atoms with E-state index >= 15 is 0 Å². The zero-order valence-electron chi connectivity index (χ0n) is 11.9. The fourth-order valence-corrected chi connectivity index (χ4v) is 2.46. The molecule has 0 unspecified atom stereocenters. The van der Waals surface area contributed by atoms with Crippen molar-refractivity contribution in [1.29, 1.82) is 0 Å². The van der Waals surface area contributed by atoms with E-state index in [-0.39, 0.29) is 16.7 Å². The summed E-state index contributed by atoms with van der Waals surface area (Å²) in [6, 6.07) is 10.7. The van der Waals surface area contributed by atoms with Gasteiger partial charge in [-0.05, 0) is 17.2 Å². The van der Waals surface area contributed by atoms with Crippen LogP contribution >= 0.6 is 0 Å². The van der Waals surface area contributed by atoms with E-state index in [2.05, 4.69) is 0 Å². The first kappa shape index (κ1) is 16.1. The Bertz CT molecular complexity index is 904. The molecule has 0 aliphatic heterocycles. The van der Waals surface area contributed by atoms with Crippen LogP contribution in [-0.4, -0.2) is 0 Å². The van der Waals surface area contributed by atoms with E-state index in [0.29, 0.717) is 0 Å². The first-order valence-corrected chi connectivity index (χ1v) is 6.79. The smallest absolute Gasteiger partial charge is 0.200 e. The molecule has 3 aromatic carbocycles. The fraction of sp³-hybridized carbons (Fsp3) is 0. The second-order valence-corrected chi connectivity index (χ2v) is 4.97. The Morgan fingerprint density at radius 2 is 0.833 bits per heavy atom. The lowest BCUT2D eigenvalue weighted by atomic mass is 9.93. The van der Waals surface area contributed by atoms with Gasteiger partial charge in [-0.15, -0.1) is 0 Å². The average Bonchev–Trinajstić information content (AvgIpc) is 2.59. The van der Waals surface area contributed by atoms with E-state index in [4.69, 9.17) is 0 Å². The quantitative estimate of drug-likeness (QED) is 0.312. The summed E-state index contributed by atoms with van der Waals surface area (Å²) in [7, 11) is 0. The Hall–Kier alpha value is -2.76. The maximum absolute atomic E-state index is 14.1. The molecular formula is C18H8F6. The van der Waals surface area contributed by atoms with E-state index in [0.717, 1.165) is 6.07 Å². The lowest BCUT2D eigenvalue weighted by Crippen LogP contribution is -2.04. The van der Waals surface area contributed by atoms with E-state index in [9.17, 15) is 26.3 Å². The molecule has 0 aliphatic carbocycles. The molecule has 0 saturated carbocycles. The molecule has 0 radical (unpaired) electrons. The van der Waals surface area contributed by atoms with Crippen LogP contribution in [-0.2, 0) is 0 Å². The molecule has 0 amide bonds. The minimum absolute atomic E-state index is 0.0128. The van der Waals surface area contributed by atoms with E-state index in [1.165, 1.54) is 42.5 Å². The Balaban J connectivity index is 2.37. The standard InChI is InChI=1S/C18H8F6/c19-12-8-4-3-6-10(12)9-5-1-2-7-11(9)13-14(20)16(22)18(24)17(23)15(13)21/h1-8H. The number of halogens is 6. The minimum Gasteiger partial charge on any atom is -0.206 e. The summed E-state index contributed by atoms with van der Waals surface area (Å²) in [5, 5.41) is 0. The van der Waals surface area contributed by atoms with Crippen LogP contribution in [0.4, 0.5) is 26.3 Å². The van der Waals surface area contributed by atoms with Gasteiger partial charge < -0.3 is 0 Å². The van der Waals surface area contributed by atoms with Crippen LogP contribution in [0.1, 0.15) is 0 Å². The van der Waals surface area contributed by atoms with Gasteiger partial charge in [0.05, 0.1) is 5.56 Å². The molecule has 0 spiro atoms. The highest BCUT2D eigenvalue weighted by Crippen LogP contribution is 2.38. The van der Waals surface area contributed by atoms with Crippen LogP contribution < -0.4 is 0 Å². The van der Waals surface area contributed by atoms with Gasteiger partial charge >= 0.3 is 0 Å². The summed E-state index contributed by atoms with van der Waals surface area (Å²) in [5.74, 6) is -10.9. The number of hydrogen-bond acceptors (Lipinski definition) is 0. The SMILES string of the molecule is Fc1ccccc1-c1ccccc1-c1c(F)c(F)c(F)c(F)c1F. The van der Waals surface area contributed by atoms with Crippen LogP contribution in [0.15, 0.2) is 48.5 Å². The Labute approximate surface area is 133 Å². The first-order valence-electron chi connectivity index (χ1n) is 6.79. The number of benzene rings is 3. The molecule has 6 heteroatoms. The normalized spacial score (nSPS) is 10.9. The summed E-state index contributed by atoms with van der Waals surface area (Å²) in [5.41, 5.74) is -1.39. The molecule has 0 aliphatic rings. The highest BCUT2D eigenvalue weighted by Gasteiger charge is 2.28. The molecule has 24 heavy (non-hydrogen) atoms. The largest absolute Gasteiger partial charge is 0.206 e. The van der Waals surface area contributed by atoms with Crippen molar-refractivity contribution in [3.8, 4) is 22.3 Å². The third-order valence-electron chi connectivity index (χ3n) is 3.57. The molecule has 0 heterocycles. The first-order chi connectivity index (χ1) is 11.4. The lowest BCUT2D eigenvalue weighted by Gasteiger charge is -2.13. The van der Waals surface area contributed by atoms with Crippen LogP contribution in [0, 0.1) is 34.9 Å². The molecule has 0 aromatic heterocycles. The molecule has 0 N–H and O–H groups in total. The average molecular weight is 338 g/mol. The number of hydrogen-bond donors (Lipinski definition) is 0. The van der Waals surface area contributed by atoms with Gasteiger partial charge in [-0.1, -0.05) is 42.5 Å². The molecule has 3 aromatic rings. The Morgan fingerprint density at radius 1 is 0.417 bits per heavy atom. The van der Waals surface area contributed by atoms with Gasteiger partial charge in [0.1, 0.15) is 5.82 Å². The van der Waals surface area contributed by atoms with Crippen molar-refractivity contribution < 1.29 is 26.3 Å². The lowest BCUT2D eigenvalue weighted by molar-refractivity contribution is 0.381. The van der Waals surface area contributed by atoms with Crippen LogP contribution in [0.3, 0.4) is 0 Å². The van der Waals surface area contributed by atoms with Crippen molar-refractivity contribution in [2.75, 3.05) is 0 Å². The highest BCUT2D eigenvalue weighted by atomic mass is 19.2. The van der Waals surface area contributed by atoms with Gasteiger partial charge in [-0.3, -0.25) is 0 Å². The summed E-state index contributed by atoms with van der Waals surface area (Å²) < 4.78 is 82.3. The van der Waals surface area contributed by atoms with Crippen LogP contribution in [0.5, 0.6) is 0 Å². The second-order valence-electron chi connectivity index (χ2n) is 4.97. The van der Waals surface area contributed by atoms with Crippen molar-refractivity contribution >= 4 is 0 Å². The molecule has 3 rings (SSSR count). The van der Waals surface area contributed by atoms with Gasteiger partial charge in [0.2, 0.25) is 5.82 Å². The summed E-state index contributed by atoms with van der Waals surface area (Å²) in [6.45, 7) is 0. The van der Waals surface area contributed by atoms with Gasteiger partial charge in [0, 0.05) is 5.56 Å². The minimum atomic E-state index is -2.24. The number of rotatable bonds is 2. The topological polar surface area (TPSA) is 0 Å². The molecule has 0 atom stereocenters. The third-order valence-corrected chi connectivity index (χ3v) is 3.57. The van der Waals surface area contributed by atoms with E-state index < -0.39 is 40.5 Å². The molecule has 122 valence electrons. The molecular weight excluding hydrogens is 330 g/mol. The molecule has 0 nitrogen and oxygen atoms in total. The predicted octanol–water partition coefficient (Wildman–Crippen LogP) is 5.86. The summed E-state index contributed by atoms with van der Waals surface area (Å²) >= 11 is 0. The van der Waals surface area contributed by atoms with Crippen molar-refractivity contribution in [1.82, 2.24) is 0 Å². The summed E-state index contributed by atoms with van der Waals surface area (Å²) in [6.07, 6.45) is 0. The molecule has 0 bridgehead atoms. The predicted molar refractivity (Wildman–Crippen MR) is 77.1 cm³/mol.